The number of nitrogens with zero attached hydrogens (tertiary/aromatic N) is 2. The Labute approximate surface area is 105 Å². The molecule has 0 fully saturated rings. The minimum atomic E-state index is -1.01. The number of hydrogen-bond donors (Lipinski definition) is 1. The van der Waals surface area contributed by atoms with E-state index in [-0.39, 0.29) is 18.1 Å². The van der Waals surface area contributed by atoms with Crippen LogP contribution in [0.4, 0.5) is 0 Å². The minimum Gasteiger partial charge on any atom is -0.477 e. The highest BCUT2D eigenvalue weighted by Gasteiger charge is 2.18. The Bertz CT molecular complexity index is 502. The molecule has 1 N–H and O–H groups in total. The molecule has 2 rings (SSSR count). The highest BCUT2D eigenvalue weighted by molar-refractivity contribution is 5.87. The van der Waals surface area contributed by atoms with Gasteiger partial charge < -0.3 is 14.6 Å². The summed E-state index contributed by atoms with van der Waals surface area (Å²) in [6.45, 7) is 3.43. The van der Waals surface area contributed by atoms with Crippen LogP contribution in [0.15, 0.2) is 30.0 Å². The van der Waals surface area contributed by atoms with E-state index in [0.29, 0.717) is 13.1 Å². The van der Waals surface area contributed by atoms with E-state index in [1.54, 1.807) is 17.2 Å². The molecule has 0 aliphatic carbocycles. The number of carboxylic acid groups (broad SMARTS) is 1. The molecule has 0 atom stereocenters. The van der Waals surface area contributed by atoms with E-state index < -0.39 is 5.97 Å². The van der Waals surface area contributed by atoms with Gasteiger partial charge in [0.1, 0.15) is 12.2 Å². The summed E-state index contributed by atoms with van der Waals surface area (Å²) in [5.74, 6) is -1.05. The maximum atomic E-state index is 12.1. The van der Waals surface area contributed by atoms with Crippen molar-refractivity contribution < 1.29 is 14.7 Å². The molecule has 0 bridgehead atoms. The van der Waals surface area contributed by atoms with Crippen molar-refractivity contribution >= 4 is 11.9 Å². The smallest absolute Gasteiger partial charge is 0.352 e. The van der Waals surface area contributed by atoms with Gasteiger partial charge in [-0.25, -0.2) is 4.79 Å². The van der Waals surface area contributed by atoms with Crippen molar-refractivity contribution in [1.82, 2.24) is 9.47 Å². The van der Waals surface area contributed by atoms with E-state index in [1.807, 2.05) is 6.92 Å². The molecule has 18 heavy (non-hydrogen) atoms. The average molecular weight is 248 g/mol. The standard InChI is InChI=1S/C13H16N2O3/c1-10-4-2-7-15(8-10)12(16)9-14-6-3-5-11(14)13(17)18/h3-6H,2,7-9H2,1H3,(H,17,18). The molecule has 0 radical (unpaired) electrons. The van der Waals surface area contributed by atoms with Gasteiger partial charge in [0.05, 0.1) is 0 Å². The van der Waals surface area contributed by atoms with Crippen LogP contribution in [0.25, 0.3) is 0 Å². The third kappa shape index (κ3) is 2.61. The Morgan fingerprint density at radius 1 is 1.44 bits per heavy atom. The third-order valence-electron chi connectivity index (χ3n) is 3.04. The van der Waals surface area contributed by atoms with E-state index in [0.717, 1.165) is 6.42 Å². The minimum absolute atomic E-state index is 0.0406. The number of carbonyl (C=O) groups is 2. The molecule has 0 saturated carbocycles. The fourth-order valence-corrected chi connectivity index (χ4v) is 2.12. The summed E-state index contributed by atoms with van der Waals surface area (Å²) in [6, 6.07) is 3.13. The Morgan fingerprint density at radius 3 is 2.89 bits per heavy atom. The van der Waals surface area contributed by atoms with Gasteiger partial charge in [0.25, 0.3) is 0 Å². The number of carbonyl (C=O) groups excluding carboxylic acids is 1. The lowest BCUT2D eigenvalue weighted by atomic mass is 10.1. The second kappa shape index (κ2) is 5.08. The van der Waals surface area contributed by atoms with Crippen LogP contribution in [-0.4, -0.2) is 39.5 Å². The number of hydrogen-bond acceptors (Lipinski definition) is 2. The van der Waals surface area contributed by atoms with E-state index in [9.17, 15) is 9.59 Å². The van der Waals surface area contributed by atoms with Crippen molar-refractivity contribution in [2.45, 2.75) is 19.9 Å². The quantitative estimate of drug-likeness (QED) is 0.822. The molecule has 1 aromatic rings. The molecule has 0 saturated heterocycles. The second-order valence-electron chi connectivity index (χ2n) is 4.48. The molecule has 2 heterocycles. The number of amides is 1. The summed E-state index contributed by atoms with van der Waals surface area (Å²) in [6.07, 6.45) is 4.62. The molecule has 96 valence electrons. The van der Waals surface area contributed by atoms with Crippen LogP contribution < -0.4 is 0 Å². The maximum absolute atomic E-state index is 12.1. The van der Waals surface area contributed by atoms with Gasteiger partial charge in [0.2, 0.25) is 5.91 Å². The zero-order valence-electron chi connectivity index (χ0n) is 10.3. The summed E-state index contributed by atoms with van der Waals surface area (Å²) < 4.78 is 1.47. The fraction of sp³-hybridized carbons (Fsp3) is 0.385. The SMILES string of the molecule is CC1=CCCN(C(=O)Cn2cccc2C(=O)O)C1. The van der Waals surface area contributed by atoms with E-state index in [1.165, 1.54) is 16.2 Å². The molecular weight excluding hydrogens is 232 g/mol. The summed E-state index contributed by atoms with van der Waals surface area (Å²) in [5, 5.41) is 8.96. The molecule has 5 heteroatoms. The zero-order chi connectivity index (χ0) is 13.1. The van der Waals surface area contributed by atoms with Crippen LogP contribution in [0.2, 0.25) is 0 Å². The van der Waals surface area contributed by atoms with Gasteiger partial charge in [-0.05, 0) is 25.5 Å². The van der Waals surface area contributed by atoms with Gasteiger partial charge in [-0.15, -0.1) is 0 Å². The van der Waals surface area contributed by atoms with Crippen molar-refractivity contribution in [3.63, 3.8) is 0 Å². The van der Waals surface area contributed by atoms with Gasteiger partial charge in [-0.1, -0.05) is 11.6 Å². The van der Waals surface area contributed by atoms with Gasteiger partial charge in [-0.2, -0.15) is 0 Å². The predicted octanol–water partition coefficient (Wildman–Crippen LogP) is 1.36. The van der Waals surface area contributed by atoms with Crippen LogP contribution in [0.1, 0.15) is 23.8 Å². The Balaban J connectivity index is 2.05. The molecular formula is C13H16N2O3. The summed E-state index contributed by atoms with van der Waals surface area (Å²) in [5.41, 5.74) is 1.33. The first kappa shape index (κ1) is 12.4. The summed E-state index contributed by atoms with van der Waals surface area (Å²) in [7, 11) is 0. The number of aromatic carboxylic acids is 1. The highest BCUT2D eigenvalue weighted by atomic mass is 16.4. The zero-order valence-corrected chi connectivity index (χ0v) is 10.3. The number of rotatable bonds is 3. The molecule has 1 amide bonds. The van der Waals surface area contributed by atoms with Crippen molar-refractivity contribution in [2.24, 2.45) is 0 Å². The fourth-order valence-electron chi connectivity index (χ4n) is 2.12. The Kier molecular flexibility index (Phi) is 3.50. The second-order valence-corrected chi connectivity index (χ2v) is 4.48. The van der Waals surface area contributed by atoms with Gasteiger partial charge in [0.15, 0.2) is 0 Å². The number of carboxylic acids is 1. The molecule has 1 aromatic heterocycles. The lowest BCUT2D eigenvalue weighted by Gasteiger charge is -2.26. The first-order valence-corrected chi connectivity index (χ1v) is 5.90. The van der Waals surface area contributed by atoms with Crippen molar-refractivity contribution in [3.8, 4) is 0 Å². The number of aromatic nitrogens is 1. The van der Waals surface area contributed by atoms with Crippen LogP contribution in [-0.2, 0) is 11.3 Å². The van der Waals surface area contributed by atoms with E-state index in [2.05, 4.69) is 6.08 Å². The van der Waals surface area contributed by atoms with Crippen molar-refractivity contribution in [1.29, 1.82) is 0 Å². The van der Waals surface area contributed by atoms with Gasteiger partial charge >= 0.3 is 5.97 Å². The molecule has 0 spiro atoms. The molecule has 0 unspecified atom stereocenters. The van der Waals surface area contributed by atoms with E-state index >= 15 is 0 Å². The molecule has 0 aromatic carbocycles. The first-order chi connectivity index (χ1) is 8.58. The summed E-state index contributed by atoms with van der Waals surface area (Å²) >= 11 is 0. The van der Waals surface area contributed by atoms with E-state index in [4.69, 9.17) is 5.11 Å². The lowest BCUT2D eigenvalue weighted by Crippen LogP contribution is -2.37. The highest BCUT2D eigenvalue weighted by Crippen LogP contribution is 2.10. The van der Waals surface area contributed by atoms with Crippen molar-refractivity contribution in [2.75, 3.05) is 13.1 Å². The van der Waals surface area contributed by atoms with Crippen LogP contribution >= 0.6 is 0 Å². The lowest BCUT2D eigenvalue weighted by molar-refractivity contribution is -0.131. The first-order valence-electron chi connectivity index (χ1n) is 5.90. The topological polar surface area (TPSA) is 62.5 Å². The summed E-state index contributed by atoms with van der Waals surface area (Å²) in [4.78, 5) is 24.8. The normalized spacial score (nSPS) is 15.4. The maximum Gasteiger partial charge on any atom is 0.352 e. The Hall–Kier alpha value is -2.04. The molecule has 5 nitrogen and oxygen atoms in total. The average Bonchev–Trinajstić information content (AvgIpc) is 2.77. The Morgan fingerprint density at radius 2 is 2.22 bits per heavy atom. The van der Waals surface area contributed by atoms with Crippen LogP contribution in [0, 0.1) is 0 Å². The van der Waals surface area contributed by atoms with Crippen LogP contribution in [0.3, 0.4) is 0 Å². The largest absolute Gasteiger partial charge is 0.477 e. The van der Waals surface area contributed by atoms with Gasteiger partial charge in [0, 0.05) is 19.3 Å². The van der Waals surface area contributed by atoms with Crippen molar-refractivity contribution in [3.05, 3.63) is 35.7 Å². The molecule has 1 aliphatic heterocycles. The predicted molar refractivity (Wildman–Crippen MR) is 66.3 cm³/mol. The van der Waals surface area contributed by atoms with Gasteiger partial charge in [-0.3, -0.25) is 4.79 Å². The van der Waals surface area contributed by atoms with Crippen LogP contribution in [0.5, 0.6) is 0 Å². The monoisotopic (exact) mass is 248 g/mol. The molecule has 1 aliphatic rings. The third-order valence-corrected chi connectivity index (χ3v) is 3.04.